The fourth-order valence-electron chi connectivity index (χ4n) is 1.91. The summed E-state index contributed by atoms with van der Waals surface area (Å²) in [6.07, 6.45) is 3.20. The highest BCUT2D eigenvalue weighted by molar-refractivity contribution is 5.94. The van der Waals surface area contributed by atoms with E-state index < -0.39 is 0 Å². The number of hydrogen-bond donors (Lipinski definition) is 2. The van der Waals surface area contributed by atoms with Gasteiger partial charge >= 0.3 is 0 Å². The Morgan fingerprint density at radius 1 is 1.00 bits per heavy atom. The molecule has 2 aromatic rings. The summed E-state index contributed by atoms with van der Waals surface area (Å²) in [6, 6.07) is 16.8. The van der Waals surface area contributed by atoms with Crippen LogP contribution in [0.15, 0.2) is 60.7 Å². The summed E-state index contributed by atoms with van der Waals surface area (Å²) in [5.74, 6) is -0.282. The van der Waals surface area contributed by atoms with Crippen LogP contribution in [0.2, 0.25) is 0 Å². The third kappa shape index (κ3) is 4.59. The fraction of sp³-hybridized carbons (Fsp3) is 0.111. The summed E-state index contributed by atoms with van der Waals surface area (Å²) in [4.78, 5) is 23.2. The second-order valence-corrected chi connectivity index (χ2v) is 4.74. The van der Waals surface area contributed by atoms with Gasteiger partial charge < -0.3 is 10.6 Å². The van der Waals surface area contributed by atoms with Gasteiger partial charge in [-0.3, -0.25) is 9.59 Å². The molecule has 0 aromatic heterocycles. The Morgan fingerprint density at radius 2 is 1.68 bits per heavy atom. The number of hydrogen-bond acceptors (Lipinski definition) is 2. The summed E-state index contributed by atoms with van der Waals surface area (Å²) in [6.45, 7) is 0.500. The quantitative estimate of drug-likeness (QED) is 0.832. The van der Waals surface area contributed by atoms with E-state index in [1.165, 1.54) is 6.08 Å². The molecule has 0 radical (unpaired) electrons. The van der Waals surface area contributed by atoms with Crippen molar-refractivity contribution in [3.8, 4) is 0 Å². The van der Waals surface area contributed by atoms with Crippen LogP contribution in [0.5, 0.6) is 0 Å². The van der Waals surface area contributed by atoms with Gasteiger partial charge in [0.25, 0.3) is 5.91 Å². The van der Waals surface area contributed by atoms with Crippen LogP contribution in [0, 0.1) is 0 Å². The van der Waals surface area contributed by atoms with Gasteiger partial charge in [-0.15, -0.1) is 0 Å². The Morgan fingerprint density at radius 3 is 2.32 bits per heavy atom. The Balaban J connectivity index is 1.88. The first-order valence-electron chi connectivity index (χ1n) is 7.01. The molecular weight excluding hydrogens is 276 g/mol. The summed E-state index contributed by atoms with van der Waals surface area (Å²) >= 11 is 0. The zero-order valence-corrected chi connectivity index (χ0v) is 12.4. The second-order valence-electron chi connectivity index (χ2n) is 4.74. The molecule has 2 amide bonds. The van der Waals surface area contributed by atoms with Crippen LogP contribution in [-0.4, -0.2) is 18.9 Å². The maximum absolute atomic E-state index is 11.7. The first-order chi connectivity index (χ1) is 10.7. The van der Waals surface area contributed by atoms with Crippen LogP contribution >= 0.6 is 0 Å². The molecule has 0 bridgehead atoms. The average Bonchev–Trinajstić information content (AvgIpc) is 2.58. The summed E-state index contributed by atoms with van der Waals surface area (Å²) in [5, 5.41) is 5.38. The second kappa shape index (κ2) is 7.78. The third-order valence-corrected chi connectivity index (χ3v) is 3.14. The van der Waals surface area contributed by atoms with Gasteiger partial charge in [0.05, 0.1) is 0 Å². The van der Waals surface area contributed by atoms with Crippen LogP contribution in [0.3, 0.4) is 0 Å². The minimum atomic E-state index is -0.153. The van der Waals surface area contributed by atoms with Crippen molar-refractivity contribution in [1.29, 1.82) is 0 Å². The average molecular weight is 294 g/mol. The smallest absolute Gasteiger partial charge is 0.251 e. The zero-order chi connectivity index (χ0) is 15.8. The Bertz CT molecular complexity index is 661. The molecule has 2 aromatic carbocycles. The van der Waals surface area contributed by atoms with Crippen molar-refractivity contribution in [3.63, 3.8) is 0 Å². The van der Waals surface area contributed by atoms with E-state index in [2.05, 4.69) is 10.6 Å². The van der Waals surface area contributed by atoms with Crippen molar-refractivity contribution >= 4 is 17.9 Å². The number of nitrogens with one attached hydrogen (secondary N) is 2. The molecule has 2 N–H and O–H groups in total. The molecule has 0 spiro atoms. The highest BCUT2D eigenvalue weighted by Gasteiger charge is 2.01. The minimum Gasteiger partial charge on any atom is -0.355 e. The normalized spacial score (nSPS) is 10.4. The minimum absolute atomic E-state index is 0.129. The molecular formula is C18H18N2O2. The molecule has 0 aliphatic carbocycles. The van der Waals surface area contributed by atoms with Crippen LogP contribution in [0.1, 0.15) is 21.5 Å². The summed E-state index contributed by atoms with van der Waals surface area (Å²) in [7, 11) is 1.59. The SMILES string of the molecule is CNC(=O)c1ccc(/C=C/C(=O)NCc2ccccc2)cc1. The van der Waals surface area contributed by atoms with E-state index in [0.29, 0.717) is 12.1 Å². The molecule has 4 heteroatoms. The summed E-state index contributed by atoms with van der Waals surface area (Å²) < 4.78 is 0. The van der Waals surface area contributed by atoms with Crippen LogP contribution in [0.4, 0.5) is 0 Å². The fourth-order valence-corrected chi connectivity index (χ4v) is 1.91. The van der Waals surface area contributed by atoms with E-state index in [0.717, 1.165) is 11.1 Å². The van der Waals surface area contributed by atoms with Crippen molar-refractivity contribution < 1.29 is 9.59 Å². The molecule has 0 heterocycles. The molecule has 0 fully saturated rings. The van der Waals surface area contributed by atoms with Crippen LogP contribution in [0.25, 0.3) is 6.08 Å². The first kappa shape index (κ1) is 15.5. The van der Waals surface area contributed by atoms with Gasteiger partial charge in [-0.05, 0) is 29.3 Å². The van der Waals surface area contributed by atoms with Gasteiger partial charge in [0.2, 0.25) is 5.91 Å². The van der Waals surface area contributed by atoms with Crippen LogP contribution in [-0.2, 0) is 11.3 Å². The van der Waals surface area contributed by atoms with E-state index in [9.17, 15) is 9.59 Å². The van der Waals surface area contributed by atoms with Gasteiger partial charge in [-0.2, -0.15) is 0 Å². The monoisotopic (exact) mass is 294 g/mol. The summed E-state index contributed by atoms with van der Waals surface area (Å²) in [5.41, 5.74) is 2.51. The lowest BCUT2D eigenvalue weighted by molar-refractivity contribution is -0.116. The Labute approximate surface area is 129 Å². The lowest BCUT2D eigenvalue weighted by Crippen LogP contribution is -2.20. The molecule has 4 nitrogen and oxygen atoms in total. The lowest BCUT2D eigenvalue weighted by Gasteiger charge is -2.02. The Kier molecular flexibility index (Phi) is 5.49. The standard InChI is InChI=1S/C18H18N2O2/c1-19-18(22)16-10-7-14(8-11-16)9-12-17(21)20-13-15-5-3-2-4-6-15/h2-12H,13H2,1H3,(H,19,22)(H,20,21)/b12-9+. The van der Waals surface area contributed by atoms with Crippen molar-refractivity contribution in [2.24, 2.45) is 0 Å². The molecule has 112 valence electrons. The number of benzene rings is 2. The maximum Gasteiger partial charge on any atom is 0.251 e. The molecule has 0 saturated heterocycles. The number of carbonyl (C=O) groups excluding carboxylic acids is 2. The predicted molar refractivity (Wildman–Crippen MR) is 87.2 cm³/mol. The van der Waals surface area contributed by atoms with Crippen molar-refractivity contribution in [3.05, 3.63) is 77.4 Å². The number of amides is 2. The van der Waals surface area contributed by atoms with Gasteiger partial charge in [0.1, 0.15) is 0 Å². The third-order valence-electron chi connectivity index (χ3n) is 3.14. The molecule has 0 atom stereocenters. The van der Waals surface area contributed by atoms with E-state index in [-0.39, 0.29) is 11.8 Å². The molecule has 0 aliphatic rings. The van der Waals surface area contributed by atoms with E-state index in [1.54, 1.807) is 37.4 Å². The van der Waals surface area contributed by atoms with Crippen molar-refractivity contribution in [2.75, 3.05) is 7.05 Å². The van der Waals surface area contributed by atoms with Gasteiger partial charge in [0, 0.05) is 25.2 Å². The first-order valence-corrected chi connectivity index (χ1v) is 7.01. The molecule has 22 heavy (non-hydrogen) atoms. The zero-order valence-electron chi connectivity index (χ0n) is 12.4. The molecule has 2 rings (SSSR count). The Hall–Kier alpha value is -2.88. The van der Waals surface area contributed by atoms with Gasteiger partial charge in [0.15, 0.2) is 0 Å². The number of rotatable bonds is 5. The molecule has 0 aliphatic heterocycles. The highest BCUT2D eigenvalue weighted by atomic mass is 16.2. The van der Waals surface area contributed by atoms with E-state index in [1.807, 2.05) is 30.3 Å². The number of carbonyl (C=O) groups is 2. The van der Waals surface area contributed by atoms with Crippen molar-refractivity contribution in [2.45, 2.75) is 6.54 Å². The van der Waals surface area contributed by atoms with E-state index in [4.69, 9.17) is 0 Å². The van der Waals surface area contributed by atoms with Gasteiger partial charge in [-0.1, -0.05) is 42.5 Å². The van der Waals surface area contributed by atoms with E-state index >= 15 is 0 Å². The molecule has 0 saturated carbocycles. The topological polar surface area (TPSA) is 58.2 Å². The predicted octanol–water partition coefficient (Wildman–Crippen LogP) is 2.38. The van der Waals surface area contributed by atoms with Gasteiger partial charge in [-0.25, -0.2) is 0 Å². The highest BCUT2D eigenvalue weighted by Crippen LogP contribution is 2.06. The van der Waals surface area contributed by atoms with Crippen LogP contribution < -0.4 is 10.6 Å². The maximum atomic E-state index is 11.7. The lowest BCUT2D eigenvalue weighted by atomic mass is 10.1. The van der Waals surface area contributed by atoms with Crippen molar-refractivity contribution in [1.82, 2.24) is 10.6 Å². The largest absolute Gasteiger partial charge is 0.355 e. The molecule has 0 unspecified atom stereocenters.